The van der Waals surface area contributed by atoms with Crippen molar-refractivity contribution in [2.24, 2.45) is 0 Å². The van der Waals surface area contributed by atoms with Crippen molar-refractivity contribution < 1.29 is 24.2 Å². The molecule has 2 aliphatic rings. The van der Waals surface area contributed by atoms with Gasteiger partial charge in [0.2, 0.25) is 0 Å². The molecule has 58 heavy (non-hydrogen) atoms. The van der Waals surface area contributed by atoms with Crippen LogP contribution >= 0.6 is 0 Å². The van der Waals surface area contributed by atoms with E-state index in [1.165, 1.54) is 44.2 Å². The number of benzene rings is 5. The van der Waals surface area contributed by atoms with Crippen LogP contribution in [0.1, 0.15) is 100 Å². The normalized spacial score (nSPS) is 18.8. The first-order valence-electron chi connectivity index (χ1n) is 21.7. The number of aromatic nitrogens is 4. The zero-order valence-corrected chi connectivity index (χ0v) is 36.9. The van der Waals surface area contributed by atoms with E-state index in [-0.39, 0.29) is 41.8 Å². The Bertz CT molecular complexity index is 3160. The van der Waals surface area contributed by atoms with Crippen LogP contribution in [-0.2, 0) is 41.8 Å². The van der Waals surface area contributed by atoms with Crippen LogP contribution < -0.4 is 0 Å². The maximum atomic E-state index is 8.41. The Morgan fingerprint density at radius 2 is 1.48 bits per heavy atom. The molecule has 5 heterocycles. The van der Waals surface area contributed by atoms with Crippen LogP contribution in [0.4, 0.5) is 0 Å². The molecule has 9 aromatic rings. The number of rotatable bonds is 1. The molecule has 1 radical (unpaired) electrons. The van der Waals surface area contributed by atoms with E-state index in [1.54, 1.807) is 0 Å². The number of hydrogen-bond acceptors (Lipinski definition) is 2. The third-order valence-electron chi connectivity index (χ3n) is 13.7. The summed E-state index contributed by atoms with van der Waals surface area (Å²) in [4.78, 5) is 10.1. The minimum Gasteiger partial charge on any atom is -0.336 e. The second-order valence-corrected chi connectivity index (χ2v) is 18.6. The van der Waals surface area contributed by atoms with E-state index in [0.29, 0.717) is 5.56 Å². The van der Waals surface area contributed by atoms with Gasteiger partial charge in [0, 0.05) is 63.5 Å². The van der Waals surface area contributed by atoms with Gasteiger partial charge in [0.05, 0.1) is 11.3 Å². The predicted octanol–water partition coefficient (Wildman–Crippen LogP) is 13.3. The van der Waals surface area contributed by atoms with Crippen molar-refractivity contribution in [2.75, 3.05) is 0 Å². The molecule has 4 nitrogen and oxygen atoms in total. The maximum absolute atomic E-state index is 8.41. The summed E-state index contributed by atoms with van der Waals surface area (Å²) < 4.78 is 29.8. The van der Waals surface area contributed by atoms with E-state index in [1.807, 2.05) is 42.6 Å². The van der Waals surface area contributed by atoms with Gasteiger partial charge in [-0.05, 0) is 76.2 Å². The Labute approximate surface area is 359 Å². The summed E-state index contributed by atoms with van der Waals surface area (Å²) in [7, 11) is 0. The summed E-state index contributed by atoms with van der Waals surface area (Å²) in [6.45, 7) is 16.2. The number of aryl methyl sites for hydroxylation is 1. The van der Waals surface area contributed by atoms with Crippen LogP contribution in [-0.4, -0.2) is 18.9 Å². The third-order valence-corrected chi connectivity index (χ3v) is 13.7. The van der Waals surface area contributed by atoms with E-state index in [0.717, 1.165) is 57.2 Å². The molecule has 11 rings (SSSR count). The van der Waals surface area contributed by atoms with Gasteiger partial charge in [-0.1, -0.05) is 126 Å². The monoisotopic (exact) mass is 938 g/mol. The van der Waals surface area contributed by atoms with Crippen LogP contribution in [0.5, 0.6) is 0 Å². The number of pyridine rings is 2. The Hall–Kier alpha value is -5.09. The fourth-order valence-corrected chi connectivity index (χ4v) is 10.0. The van der Waals surface area contributed by atoms with Crippen LogP contribution in [0.15, 0.2) is 115 Å². The van der Waals surface area contributed by atoms with Crippen LogP contribution in [0.3, 0.4) is 0 Å². The Kier molecular flexibility index (Phi) is 7.95. The zero-order valence-electron chi connectivity index (χ0n) is 37.5. The van der Waals surface area contributed by atoms with Gasteiger partial charge in [-0.2, -0.15) is 24.3 Å². The van der Waals surface area contributed by atoms with Crippen molar-refractivity contribution >= 4 is 49.1 Å². The van der Waals surface area contributed by atoms with Gasteiger partial charge in [-0.3, -0.25) is 4.98 Å². The first-order chi connectivity index (χ1) is 28.4. The standard InChI is InChI=1S/C32H31N2.C21H19N2.Ir/c1-19-15-16-24-27-25(19)20-11-7-8-12-21(20)29-33-26-22-13-9-10-14-23(22)30(2,3)17-18-32(6,31(24,4)5)28(26)34(27)29;1-21(2,3)15-12-13-22-20(14-15)23-18-10-6-4-8-16(18)17-9-5-7-11-19(17)23;/h7-11,13-16H,17-18H2,1-6H3;4-10,12-14H,1-3H3;/q2*-1;/i1D3;;. The molecule has 0 saturated heterocycles. The molecule has 0 spiro atoms. The molecule has 1 atom stereocenters. The molecule has 1 unspecified atom stereocenters. The average Bonchev–Trinajstić information content (AvgIpc) is 3.79. The van der Waals surface area contributed by atoms with Crippen molar-refractivity contribution in [3.8, 4) is 17.1 Å². The summed E-state index contributed by atoms with van der Waals surface area (Å²) >= 11 is 0. The molecule has 0 bridgehead atoms. The molecule has 0 N–H and O–H groups in total. The quantitative estimate of drug-likeness (QED) is 0.121. The minimum atomic E-state index is -2.23. The van der Waals surface area contributed by atoms with E-state index >= 15 is 0 Å². The molecule has 4 aromatic heterocycles. The SMILES string of the molecule is CC(C)(C)c1ccnc(-n2c3[c-]cccc3c3ccccc32)c1.[2H]C([2H])([2H])c1ccc2c3c1c1ccc[c-]c1c1nc4c(n13)C(C)(CCC(C)(C)c1ccccc1-4)C2(C)C.[Ir]. The van der Waals surface area contributed by atoms with Gasteiger partial charge in [-0.15, -0.1) is 35.0 Å². The number of nitrogens with zero attached hydrogens (tertiary/aromatic N) is 4. The van der Waals surface area contributed by atoms with Gasteiger partial charge in [0.15, 0.2) is 0 Å². The summed E-state index contributed by atoms with van der Waals surface area (Å²) in [5.74, 6) is 0.950. The maximum Gasteiger partial charge on any atom is 0.135 e. The van der Waals surface area contributed by atoms with E-state index in [9.17, 15) is 0 Å². The molecule has 1 aliphatic carbocycles. The topological polar surface area (TPSA) is 35.1 Å². The van der Waals surface area contributed by atoms with E-state index in [2.05, 4.69) is 154 Å². The molecule has 1 aliphatic heterocycles. The van der Waals surface area contributed by atoms with Crippen molar-refractivity contribution in [1.29, 1.82) is 0 Å². The van der Waals surface area contributed by atoms with Gasteiger partial charge in [-0.25, -0.2) is 4.98 Å². The van der Waals surface area contributed by atoms with Gasteiger partial charge in [0.25, 0.3) is 0 Å². The smallest absolute Gasteiger partial charge is 0.135 e. The number of imidazole rings is 1. The minimum absolute atomic E-state index is 0. The largest absolute Gasteiger partial charge is 0.336 e. The summed E-state index contributed by atoms with van der Waals surface area (Å²) in [6, 6.07) is 44.3. The van der Waals surface area contributed by atoms with Gasteiger partial charge in [0.1, 0.15) is 5.82 Å². The summed E-state index contributed by atoms with van der Waals surface area (Å²) in [5, 5.41) is 5.04. The van der Waals surface area contributed by atoms with Crippen LogP contribution in [0, 0.1) is 19.0 Å². The molecule has 293 valence electrons. The fraction of sp³-hybridized carbons (Fsp3) is 0.283. The summed E-state index contributed by atoms with van der Waals surface area (Å²) in [5.41, 5.74) is 11.3. The Balaban J connectivity index is 0.000000171. The van der Waals surface area contributed by atoms with Crippen LogP contribution in [0.25, 0.3) is 66.2 Å². The first kappa shape index (κ1) is 34.9. The molecule has 0 amide bonds. The van der Waals surface area contributed by atoms with Gasteiger partial charge >= 0.3 is 0 Å². The zero-order chi connectivity index (χ0) is 42.1. The average molecular weight is 938 g/mol. The molecule has 0 fully saturated rings. The summed E-state index contributed by atoms with van der Waals surface area (Å²) in [6.07, 6.45) is 3.95. The number of para-hydroxylation sites is 2. The van der Waals surface area contributed by atoms with Crippen LogP contribution in [0.2, 0.25) is 0 Å². The van der Waals surface area contributed by atoms with Crippen molar-refractivity contribution in [2.45, 2.75) is 96.7 Å². The third kappa shape index (κ3) is 5.35. The first-order valence-corrected chi connectivity index (χ1v) is 20.2. The fourth-order valence-electron chi connectivity index (χ4n) is 10.0. The molecule has 5 aromatic carbocycles. The number of fused-ring (bicyclic) bond motifs is 8. The second-order valence-electron chi connectivity index (χ2n) is 18.6. The molecule has 0 saturated carbocycles. The molecular weight excluding hydrogens is 885 g/mol. The Morgan fingerprint density at radius 3 is 2.28 bits per heavy atom. The van der Waals surface area contributed by atoms with Crippen molar-refractivity contribution in [1.82, 2.24) is 18.9 Å². The Morgan fingerprint density at radius 1 is 0.759 bits per heavy atom. The molecule has 5 heteroatoms. The van der Waals surface area contributed by atoms with Crippen molar-refractivity contribution in [3.05, 3.63) is 155 Å². The van der Waals surface area contributed by atoms with Gasteiger partial charge < -0.3 is 8.97 Å². The second kappa shape index (κ2) is 13.2. The predicted molar refractivity (Wildman–Crippen MR) is 238 cm³/mol. The molecular formula is C53H50IrN4-2. The van der Waals surface area contributed by atoms with E-state index < -0.39 is 6.85 Å². The number of hydrogen-bond donors (Lipinski definition) is 0. The van der Waals surface area contributed by atoms with E-state index in [4.69, 9.17) is 9.10 Å². The van der Waals surface area contributed by atoms with Crippen molar-refractivity contribution in [3.63, 3.8) is 0 Å².